The highest BCUT2D eigenvalue weighted by Gasteiger charge is 2.09. The van der Waals surface area contributed by atoms with Crippen LogP contribution in [0.2, 0.25) is 0 Å². The van der Waals surface area contributed by atoms with Crippen molar-refractivity contribution in [3.8, 4) is 5.75 Å². The summed E-state index contributed by atoms with van der Waals surface area (Å²) in [6, 6.07) is 9.04. The van der Waals surface area contributed by atoms with Crippen molar-refractivity contribution in [2.45, 2.75) is 65.5 Å². The Morgan fingerprint density at radius 2 is 1.58 bits per heavy atom. The number of hydrogen-bond acceptors (Lipinski definition) is 2. The zero-order valence-electron chi connectivity index (χ0n) is 12.9. The quantitative estimate of drug-likeness (QED) is 0.697. The molecule has 0 aliphatic rings. The maximum atomic E-state index is 5.94. The van der Waals surface area contributed by atoms with Crippen molar-refractivity contribution in [1.29, 1.82) is 0 Å². The molecule has 0 fully saturated rings. The van der Waals surface area contributed by atoms with Crippen LogP contribution in [-0.4, -0.2) is 12.6 Å². The Morgan fingerprint density at radius 1 is 0.947 bits per heavy atom. The molecule has 1 aromatic carbocycles. The fraction of sp³-hybridized carbons (Fsp3) is 0.647. The zero-order chi connectivity index (χ0) is 14.1. The van der Waals surface area contributed by atoms with E-state index in [0.717, 1.165) is 31.6 Å². The minimum Gasteiger partial charge on any atom is -0.490 e. The van der Waals surface area contributed by atoms with Crippen molar-refractivity contribution >= 4 is 0 Å². The molecule has 1 unspecified atom stereocenters. The summed E-state index contributed by atoms with van der Waals surface area (Å²) in [6.45, 7) is 9.84. The van der Waals surface area contributed by atoms with E-state index in [1.165, 1.54) is 12.0 Å². The largest absolute Gasteiger partial charge is 0.490 e. The molecule has 1 aromatic rings. The lowest BCUT2D eigenvalue weighted by Crippen LogP contribution is -2.21. The minimum atomic E-state index is 0.339. The number of nitrogens with one attached hydrogen (secondary N) is 1. The van der Waals surface area contributed by atoms with Gasteiger partial charge in [-0.1, -0.05) is 39.8 Å². The predicted molar refractivity (Wildman–Crippen MR) is 82.8 cm³/mol. The lowest BCUT2D eigenvalue weighted by molar-refractivity contribution is 0.193. The normalized spacial score (nSPS) is 12.7. The average molecular weight is 263 g/mol. The molecule has 0 saturated heterocycles. The monoisotopic (exact) mass is 263 g/mol. The van der Waals surface area contributed by atoms with Crippen LogP contribution in [0.25, 0.3) is 0 Å². The highest BCUT2D eigenvalue weighted by atomic mass is 16.5. The van der Waals surface area contributed by atoms with Gasteiger partial charge in [-0.15, -0.1) is 0 Å². The van der Waals surface area contributed by atoms with Crippen molar-refractivity contribution < 1.29 is 4.74 Å². The average Bonchev–Trinajstić information content (AvgIpc) is 2.47. The van der Waals surface area contributed by atoms with E-state index in [1.807, 2.05) is 0 Å². The molecule has 0 heterocycles. The molecule has 0 radical (unpaired) electrons. The second-order valence-corrected chi connectivity index (χ2v) is 5.04. The molecule has 2 heteroatoms. The van der Waals surface area contributed by atoms with Crippen LogP contribution in [-0.2, 0) is 0 Å². The fourth-order valence-corrected chi connectivity index (χ4v) is 2.24. The highest BCUT2D eigenvalue weighted by Crippen LogP contribution is 2.21. The van der Waals surface area contributed by atoms with Crippen molar-refractivity contribution in [2.75, 3.05) is 6.54 Å². The van der Waals surface area contributed by atoms with Crippen LogP contribution in [0.4, 0.5) is 0 Å². The molecule has 0 bridgehead atoms. The molecule has 0 saturated carbocycles. The standard InChI is InChI=1S/C17H29NO/c1-5-13-18-17(8-4)14-9-11-16(12-10-14)19-15(6-2)7-3/h9-12,15,17-18H,5-8,13H2,1-4H3. The van der Waals surface area contributed by atoms with Crippen LogP contribution in [0, 0.1) is 0 Å². The van der Waals surface area contributed by atoms with Gasteiger partial charge in [0.25, 0.3) is 0 Å². The van der Waals surface area contributed by atoms with Crippen molar-refractivity contribution in [3.63, 3.8) is 0 Å². The first-order valence-corrected chi connectivity index (χ1v) is 7.75. The van der Waals surface area contributed by atoms with Gasteiger partial charge in [0.1, 0.15) is 5.75 Å². The van der Waals surface area contributed by atoms with E-state index in [-0.39, 0.29) is 0 Å². The van der Waals surface area contributed by atoms with Crippen LogP contribution in [0.5, 0.6) is 5.75 Å². The van der Waals surface area contributed by atoms with E-state index in [9.17, 15) is 0 Å². The second-order valence-electron chi connectivity index (χ2n) is 5.04. The van der Waals surface area contributed by atoms with E-state index in [4.69, 9.17) is 4.74 Å². The van der Waals surface area contributed by atoms with Gasteiger partial charge in [0.15, 0.2) is 0 Å². The summed E-state index contributed by atoms with van der Waals surface area (Å²) in [5.41, 5.74) is 1.35. The van der Waals surface area contributed by atoms with E-state index in [2.05, 4.69) is 57.3 Å². The Hall–Kier alpha value is -1.02. The molecule has 1 rings (SSSR count). The summed E-state index contributed by atoms with van der Waals surface area (Å²) < 4.78 is 5.94. The fourth-order valence-electron chi connectivity index (χ4n) is 2.24. The van der Waals surface area contributed by atoms with Gasteiger partial charge in [0.2, 0.25) is 0 Å². The summed E-state index contributed by atoms with van der Waals surface area (Å²) in [7, 11) is 0. The summed E-state index contributed by atoms with van der Waals surface area (Å²) in [6.07, 6.45) is 4.76. The first kappa shape index (κ1) is 16.0. The Bertz CT molecular complexity index is 330. The molecule has 0 aliphatic heterocycles. The molecule has 1 atom stereocenters. The molecule has 0 amide bonds. The first-order chi connectivity index (χ1) is 9.24. The van der Waals surface area contributed by atoms with Crippen LogP contribution in [0.3, 0.4) is 0 Å². The van der Waals surface area contributed by atoms with Crippen LogP contribution < -0.4 is 10.1 Å². The maximum absolute atomic E-state index is 5.94. The highest BCUT2D eigenvalue weighted by molar-refractivity contribution is 5.29. The van der Waals surface area contributed by atoms with E-state index in [0.29, 0.717) is 12.1 Å². The summed E-state index contributed by atoms with van der Waals surface area (Å²) in [5.74, 6) is 0.989. The van der Waals surface area contributed by atoms with Gasteiger partial charge in [-0.3, -0.25) is 0 Å². The third-order valence-corrected chi connectivity index (χ3v) is 3.54. The van der Waals surface area contributed by atoms with Gasteiger partial charge in [-0.2, -0.15) is 0 Å². The molecule has 108 valence electrons. The lowest BCUT2D eigenvalue weighted by Gasteiger charge is -2.19. The topological polar surface area (TPSA) is 21.3 Å². The van der Waals surface area contributed by atoms with Crippen molar-refractivity contribution in [1.82, 2.24) is 5.32 Å². The van der Waals surface area contributed by atoms with E-state index < -0.39 is 0 Å². The number of hydrogen-bond donors (Lipinski definition) is 1. The van der Waals surface area contributed by atoms with Crippen LogP contribution >= 0.6 is 0 Å². The Labute approximate surface area is 118 Å². The van der Waals surface area contributed by atoms with Gasteiger partial charge in [-0.05, 0) is 49.9 Å². The van der Waals surface area contributed by atoms with Gasteiger partial charge in [0, 0.05) is 6.04 Å². The van der Waals surface area contributed by atoms with Crippen LogP contribution in [0.1, 0.15) is 65.0 Å². The lowest BCUT2D eigenvalue weighted by atomic mass is 10.0. The van der Waals surface area contributed by atoms with Crippen molar-refractivity contribution in [2.24, 2.45) is 0 Å². The first-order valence-electron chi connectivity index (χ1n) is 7.75. The van der Waals surface area contributed by atoms with Gasteiger partial charge in [0.05, 0.1) is 6.10 Å². The molecule has 1 N–H and O–H groups in total. The summed E-state index contributed by atoms with van der Waals surface area (Å²) in [4.78, 5) is 0. The molecule has 0 aromatic heterocycles. The van der Waals surface area contributed by atoms with Crippen LogP contribution in [0.15, 0.2) is 24.3 Å². The van der Waals surface area contributed by atoms with Gasteiger partial charge in [-0.25, -0.2) is 0 Å². The Morgan fingerprint density at radius 3 is 2.05 bits per heavy atom. The van der Waals surface area contributed by atoms with E-state index >= 15 is 0 Å². The Balaban J connectivity index is 2.63. The molecule has 2 nitrogen and oxygen atoms in total. The SMILES string of the molecule is CCCNC(CC)c1ccc(OC(CC)CC)cc1. The number of ether oxygens (including phenoxy) is 1. The third kappa shape index (κ3) is 5.23. The smallest absolute Gasteiger partial charge is 0.119 e. The van der Waals surface area contributed by atoms with Crippen molar-refractivity contribution in [3.05, 3.63) is 29.8 Å². The van der Waals surface area contributed by atoms with Gasteiger partial charge >= 0.3 is 0 Å². The third-order valence-electron chi connectivity index (χ3n) is 3.54. The minimum absolute atomic E-state index is 0.339. The second kappa shape index (κ2) is 8.98. The molecular weight excluding hydrogens is 234 g/mol. The zero-order valence-corrected chi connectivity index (χ0v) is 12.9. The molecule has 0 aliphatic carbocycles. The summed E-state index contributed by atoms with van der Waals surface area (Å²) in [5, 5.41) is 3.58. The maximum Gasteiger partial charge on any atom is 0.119 e. The number of rotatable bonds is 9. The predicted octanol–water partition coefficient (Wildman–Crippen LogP) is 4.70. The molecule has 0 spiro atoms. The van der Waals surface area contributed by atoms with E-state index in [1.54, 1.807) is 0 Å². The molecule has 19 heavy (non-hydrogen) atoms. The summed E-state index contributed by atoms with van der Waals surface area (Å²) >= 11 is 0. The Kier molecular flexibility index (Phi) is 7.57. The number of benzene rings is 1. The molecular formula is C17H29NO. The van der Waals surface area contributed by atoms with Gasteiger partial charge < -0.3 is 10.1 Å².